The van der Waals surface area contributed by atoms with E-state index in [1.54, 1.807) is 11.0 Å². The Kier molecular flexibility index (Phi) is 4.64. The predicted octanol–water partition coefficient (Wildman–Crippen LogP) is 0.692. The summed E-state index contributed by atoms with van der Waals surface area (Å²) in [5.74, 6) is -0.502. The van der Waals surface area contributed by atoms with Gasteiger partial charge in [0.1, 0.15) is 5.82 Å². The van der Waals surface area contributed by atoms with Gasteiger partial charge in [-0.1, -0.05) is 0 Å². The highest BCUT2D eigenvalue weighted by Gasteiger charge is 2.22. The molecule has 0 aliphatic carbocycles. The number of aromatic nitrogens is 1. The zero-order valence-corrected chi connectivity index (χ0v) is 13.5. The van der Waals surface area contributed by atoms with E-state index in [1.807, 2.05) is 4.90 Å². The van der Waals surface area contributed by atoms with E-state index in [-0.39, 0.29) is 11.3 Å². The number of carbonyl (C=O) groups excluding carboxylic acids is 1. The van der Waals surface area contributed by atoms with Gasteiger partial charge in [-0.25, -0.2) is 4.39 Å². The molecule has 1 saturated heterocycles. The van der Waals surface area contributed by atoms with Gasteiger partial charge in [0.15, 0.2) is 5.43 Å². The molecule has 0 radical (unpaired) electrons. The van der Waals surface area contributed by atoms with Crippen LogP contribution in [0, 0.1) is 5.82 Å². The van der Waals surface area contributed by atoms with E-state index in [0.29, 0.717) is 49.3 Å². The molecule has 128 valence electrons. The first-order valence-corrected chi connectivity index (χ1v) is 7.90. The smallest absolute Gasteiger partial charge is 0.219 e. The molecule has 1 fully saturated rings. The number of β-amino-alcohol motifs (C(OH)–C–C–N with tert-alkyl or cyclic N) is 1. The van der Waals surface area contributed by atoms with Crippen molar-refractivity contribution in [2.75, 3.05) is 26.2 Å². The second kappa shape index (κ2) is 6.70. The van der Waals surface area contributed by atoms with Crippen molar-refractivity contribution in [1.29, 1.82) is 0 Å². The Balaban J connectivity index is 1.80. The van der Waals surface area contributed by atoms with Gasteiger partial charge in [-0.05, 0) is 18.2 Å². The van der Waals surface area contributed by atoms with Crippen molar-refractivity contribution in [3.05, 3.63) is 46.0 Å². The fraction of sp³-hybridized carbons (Fsp3) is 0.412. The quantitative estimate of drug-likeness (QED) is 0.848. The summed E-state index contributed by atoms with van der Waals surface area (Å²) in [5, 5.41) is 10.4. The highest BCUT2D eigenvalue weighted by Crippen LogP contribution is 2.13. The Morgan fingerprint density at radius 2 is 2.12 bits per heavy atom. The third kappa shape index (κ3) is 3.63. The van der Waals surface area contributed by atoms with Crippen molar-refractivity contribution >= 4 is 16.8 Å². The average Bonchev–Trinajstić information content (AvgIpc) is 2.69. The van der Waals surface area contributed by atoms with Crippen LogP contribution >= 0.6 is 0 Å². The maximum Gasteiger partial charge on any atom is 0.219 e. The van der Waals surface area contributed by atoms with E-state index in [2.05, 4.69) is 4.98 Å². The van der Waals surface area contributed by atoms with Gasteiger partial charge in [0.2, 0.25) is 5.91 Å². The van der Waals surface area contributed by atoms with Gasteiger partial charge in [0.05, 0.1) is 6.10 Å². The van der Waals surface area contributed by atoms with Crippen LogP contribution in [-0.4, -0.2) is 58.1 Å². The maximum atomic E-state index is 13.3. The van der Waals surface area contributed by atoms with Crippen molar-refractivity contribution in [3.63, 3.8) is 0 Å². The minimum atomic E-state index is -0.627. The Bertz CT molecular complexity index is 820. The second-order valence-electron chi connectivity index (χ2n) is 6.20. The predicted molar refractivity (Wildman–Crippen MR) is 88.1 cm³/mol. The summed E-state index contributed by atoms with van der Waals surface area (Å²) >= 11 is 0. The van der Waals surface area contributed by atoms with Crippen LogP contribution in [0.15, 0.2) is 29.1 Å². The Morgan fingerprint density at radius 1 is 1.33 bits per heavy atom. The molecule has 0 spiro atoms. The molecule has 7 heteroatoms. The van der Waals surface area contributed by atoms with Crippen molar-refractivity contribution < 1.29 is 14.3 Å². The maximum absolute atomic E-state index is 13.3. The number of benzene rings is 1. The lowest BCUT2D eigenvalue weighted by molar-refractivity contribution is -0.129. The summed E-state index contributed by atoms with van der Waals surface area (Å²) in [7, 11) is 0. The van der Waals surface area contributed by atoms with Gasteiger partial charge in [0, 0.05) is 62.3 Å². The first-order chi connectivity index (χ1) is 11.4. The number of pyridine rings is 1. The molecule has 3 rings (SSSR count). The van der Waals surface area contributed by atoms with Gasteiger partial charge >= 0.3 is 0 Å². The number of aliphatic hydroxyl groups excluding tert-OH is 1. The molecule has 1 aromatic carbocycles. The summed E-state index contributed by atoms with van der Waals surface area (Å²) in [5.41, 5.74) is 1.04. The number of fused-ring (bicyclic) bond motifs is 1. The van der Waals surface area contributed by atoms with E-state index in [1.165, 1.54) is 25.1 Å². The monoisotopic (exact) mass is 333 g/mol. The number of aromatic amines is 1. The minimum Gasteiger partial charge on any atom is -0.390 e. The lowest BCUT2D eigenvalue weighted by atomic mass is 10.2. The van der Waals surface area contributed by atoms with Crippen molar-refractivity contribution in [2.45, 2.75) is 19.6 Å². The third-order valence-electron chi connectivity index (χ3n) is 4.27. The molecule has 2 aromatic rings. The zero-order valence-electron chi connectivity index (χ0n) is 13.5. The largest absolute Gasteiger partial charge is 0.390 e. The number of hydrogen-bond donors (Lipinski definition) is 2. The summed E-state index contributed by atoms with van der Waals surface area (Å²) in [4.78, 5) is 30.4. The van der Waals surface area contributed by atoms with E-state index in [0.717, 1.165) is 0 Å². The molecule has 1 aliphatic heterocycles. The second-order valence-corrected chi connectivity index (χ2v) is 6.20. The molecular weight excluding hydrogens is 313 g/mol. The van der Waals surface area contributed by atoms with E-state index >= 15 is 0 Å². The standard InChI is InChI=1S/C17H20FN3O3/c1-11(22)21-5-4-20(9-14(23)10-21)8-13-7-17(24)15-6-12(18)2-3-16(15)19-13/h2-3,6-7,14,23H,4-5,8-10H2,1H3,(H,19,24). The summed E-state index contributed by atoms with van der Waals surface area (Å²) in [6.07, 6.45) is -0.627. The number of H-pyrrole nitrogens is 1. The van der Waals surface area contributed by atoms with Crippen LogP contribution in [0.25, 0.3) is 10.9 Å². The Hall–Kier alpha value is -2.25. The molecule has 2 heterocycles. The SMILES string of the molecule is CC(=O)N1CCN(Cc2cc(=O)c3cc(F)ccc3[nH]2)CC(O)C1. The summed E-state index contributed by atoms with van der Waals surface area (Å²) in [6, 6.07) is 5.53. The molecule has 2 N–H and O–H groups in total. The summed E-state index contributed by atoms with van der Waals surface area (Å²) < 4.78 is 13.3. The molecule has 6 nitrogen and oxygen atoms in total. The number of nitrogens with one attached hydrogen (secondary N) is 1. The highest BCUT2D eigenvalue weighted by molar-refractivity contribution is 5.78. The molecular formula is C17H20FN3O3. The van der Waals surface area contributed by atoms with Crippen LogP contribution in [-0.2, 0) is 11.3 Å². The molecule has 1 unspecified atom stereocenters. The molecule has 1 aliphatic rings. The minimum absolute atomic E-state index is 0.0583. The lowest BCUT2D eigenvalue weighted by Gasteiger charge is -2.21. The van der Waals surface area contributed by atoms with Gasteiger partial charge in [-0.2, -0.15) is 0 Å². The Morgan fingerprint density at radius 3 is 2.88 bits per heavy atom. The number of amides is 1. The first-order valence-electron chi connectivity index (χ1n) is 7.90. The van der Waals surface area contributed by atoms with Crippen LogP contribution in [0.5, 0.6) is 0 Å². The molecule has 1 amide bonds. The molecule has 0 saturated carbocycles. The lowest BCUT2D eigenvalue weighted by Crippen LogP contribution is -2.36. The van der Waals surface area contributed by atoms with Gasteiger partial charge in [-0.15, -0.1) is 0 Å². The van der Waals surface area contributed by atoms with Crippen LogP contribution in [0.4, 0.5) is 4.39 Å². The van der Waals surface area contributed by atoms with E-state index in [4.69, 9.17) is 0 Å². The van der Waals surface area contributed by atoms with Gasteiger partial charge < -0.3 is 15.0 Å². The van der Waals surface area contributed by atoms with Gasteiger partial charge in [-0.3, -0.25) is 14.5 Å². The number of nitrogens with zero attached hydrogens (tertiary/aromatic N) is 2. The van der Waals surface area contributed by atoms with Gasteiger partial charge in [0.25, 0.3) is 0 Å². The fourth-order valence-corrected chi connectivity index (χ4v) is 3.08. The first kappa shape index (κ1) is 16.6. The highest BCUT2D eigenvalue weighted by atomic mass is 19.1. The van der Waals surface area contributed by atoms with Crippen molar-refractivity contribution in [3.8, 4) is 0 Å². The average molecular weight is 333 g/mol. The molecule has 24 heavy (non-hydrogen) atoms. The van der Waals surface area contributed by atoms with Crippen LogP contribution in [0.1, 0.15) is 12.6 Å². The fourth-order valence-electron chi connectivity index (χ4n) is 3.08. The van der Waals surface area contributed by atoms with Crippen molar-refractivity contribution in [1.82, 2.24) is 14.8 Å². The molecule has 0 bridgehead atoms. The third-order valence-corrected chi connectivity index (χ3v) is 4.27. The normalized spacial score (nSPS) is 19.5. The van der Waals surface area contributed by atoms with E-state index in [9.17, 15) is 19.1 Å². The zero-order chi connectivity index (χ0) is 17.3. The van der Waals surface area contributed by atoms with Crippen LogP contribution < -0.4 is 5.43 Å². The molecule has 1 atom stereocenters. The topological polar surface area (TPSA) is 76.6 Å². The Labute approximate surface area is 138 Å². The number of rotatable bonds is 2. The summed E-state index contributed by atoms with van der Waals surface area (Å²) in [6.45, 7) is 3.83. The number of halogens is 1. The molecule has 1 aromatic heterocycles. The van der Waals surface area contributed by atoms with Crippen LogP contribution in [0.2, 0.25) is 0 Å². The number of carbonyl (C=O) groups is 1. The number of aliphatic hydroxyl groups is 1. The number of hydrogen-bond acceptors (Lipinski definition) is 4. The van der Waals surface area contributed by atoms with Crippen molar-refractivity contribution in [2.24, 2.45) is 0 Å². The van der Waals surface area contributed by atoms with Crippen LogP contribution in [0.3, 0.4) is 0 Å². The van der Waals surface area contributed by atoms with E-state index < -0.39 is 11.9 Å².